The molecule has 114 valence electrons. The highest BCUT2D eigenvalue weighted by Gasteiger charge is 2.34. The zero-order valence-corrected chi connectivity index (χ0v) is 11.9. The lowest BCUT2D eigenvalue weighted by Gasteiger charge is -2.16. The van der Waals surface area contributed by atoms with Gasteiger partial charge in [0.2, 0.25) is 10.0 Å². The van der Waals surface area contributed by atoms with Gasteiger partial charge in [-0.15, -0.1) is 12.4 Å². The van der Waals surface area contributed by atoms with Crippen molar-refractivity contribution in [2.75, 3.05) is 6.54 Å². The van der Waals surface area contributed by atoms with Crippen LogP contribution in [-0.4, -0.2) is 21.0 Å². The zero-order valence-electron chi connectivity index (χ0n) is 10.3. The Morgan fingerprint density at radius 3 is 2.25 bits per heavy atom. The average Bonchev–Trinajstić information content (AvgIpc) is 3.14. The standard InChI is InChI=1S/C11H13F3N2O2S.ClH/c12-7-3-9(14)11(4-8(7)13)19(17,18)16-10(5-15)6-1-2-6;/h3-4,6,10,16H,1-2,5,15H2;1H. The van der Waals surface area contributed by atoms with E-state index in [-0.39, 0.29) is 30.9 Å². The molecule has 0 aliphatic heterocycles. The van der Waals surface area contributed by atoms with Crippen molar-refractivity contribution in [1.82, 2.24) is 4.72 Å². The van der Waals surface area contributed by atoms with Crippen LogP contribution in [0.1, 0.15) is 12.8 Å². The van der Waals surface area contributed by atoms with Crippen LogP contribution in [0.5, 0.6) is 0 Å². The summed E-state index contributed by atoms with van der Waals surface area (Å²) in [7, 11) is -4.26. The maximum Gasteiger partial charge on any atom is 0.243 e. The lowest BCUT2D eigenvalue weighted by atomic mass is 10.2. The molecular formula is C11H14ClF3N2O2S. The number of hydrogen-bond acceptors (Lipinski definition) is 3. The maximum absolute atomic E-state index is 13.4. The van der Waals surface area contributed by atoms with Crippen molar-refractivity contribution in [3.05, 3.63) is 29.6 Å². The molecule has 1 saturated carbocycles. The number of rotatable bonds is 5. The molecule has 0 bridgehead atoms. The third-order valence-electron chi connectivity index (χ3n) is 3.02. The molecule has 0 amide bonds. The second-order valence-corrected chi connectivity index (χ2v) is 6.18. The molecule has 1 aliphatic rings. The molecule has 0 aromatic heterocycles. The third-order valence-corrected chi connectivity index (χ3v) is 4.52. The van der Waals surface area contributed by atoms with Crippen LogP contribution in [0.3, 0.4) is 0 Å². The van der Waals surface area contributed by atoms with Crippen LogP contribution in [0.4, 0.5) is 13.2 Å². The molecule has 1 unspecified atom stereocenters. The molecule has 1 aromatic carbocycles. The summed E-state index contributed by atoms with van der Waals surface area (Å²) in [5.74, 6) is -4.07. The van der Waals surface area contributed by atoms with Gasteiger partial charge in [0.05, 0.1) is 0 Å². The predicted molar refractivity (Wildman–Crippen MR) is 69.5 cm³/mol. The molecule has 0 radical (unpaired) electrons. The van der Waals surface area contributed by atoms with Gasteiger partial charge in [-0.2, -0.15) is 0 Å². The Morgan fingerprint density at radius 1 is 1.20 bits per heavy atom. The van der Waals surface area contributed by atoms with E-state index in [9.17, 15) is 21.6 Å². The Bertz CT molecular complexity index is 594. The lowest BCUT2D eigenvalue weighted by molar-refractivity contribution is 0.477. The van der Waals surface area contributed by atoms with Gasteiger partial charge >= 0.3 is 0 Å². The molecule has 3 N–H and O–H groups in total. The summed E-state index contributed by atoms with van der Waals surface area (Å²) in [6, 6.07) is 0.0175. The molecule has 1 aromatic rings. The van der Waals surface area contributed by atoms with Crippen LogP contribution < -0.4 is 10.5 Å². The van der Waals surface area contributed by atoms with Crippen LogP contribution in [0.2, 0.25) is 0 Å². The highest BCUT2D eigenvalue weighted by atomic mass is 35.5. The van der Waals surface area contributed by atoms with E-state index < -0.39 is 38.4 Å². The fourth-order valence-electron chi connectivity index (χ4n) is 1.81. The smallest absolute Gasteiger partial charge is 0.243 e. The summed E-state index contributed by atoms with van der Waals surface area (Å²) >= 11 is 0. The molecular weight excluding hydrogens is 317 g/mol. The number of hydrogen-bond donors (Lipinski definition) is 2. The Balaban J connectivity index is 0.00000200. The van der Waals surface area contributed by atoms with Crippen molar-refractivity contribution >= 4 is 22.4 Å². The van der Waals surface area contributed by atoms with Crippen molar-refractivity contribution in [2.45, 2.75) is 23.8 Å². The van der Waals surface area contributed by atoms with Crippen molar-refractivity contribution in [2.24, 2.45) is 11.7 Å². The largest absolute Gasteiger partial charge is 0.329 e. The van der Waals surface area contributed by atoms with E-state index in [1.807, 2.05) is 0 Å². The van der Waals surface area contributed by atoms with Gasteiger partial charge < -0.3 is 5.73 Å². The Labute approximate surface area is 121 Å². The molecule has 0 heterocycles. The molecule has 0 saturated heterocycles. The normalized spacial score (nSPS) is 16.6. The van der Waals surface area contributed by atoms with Crippen molar-refractivity contribution in [3.63, 3.8) is 0 Å². The zero-order chi connectivity index (χ0) is 14.2. The van der Waals surface area contributed by atoms with Crippen molar-refractivity contribution < 1.29 is 21.6 Å². The summed E-state index contributed by atoms with van der Waals surface area (Å²) < 4.78 is 65.3. The first-order chi connectivity index (χ1) is 8.85. The van der Waals surface area contributed by atoms with Gasteiger partial charge in [0.1, 0.15) is 10.7 Å². The SMILES string of the molecule is Cl.NCC(NS(=O)(=O)c1cc(F)c(F)cc1F)C1CC1. The Hall–Kier alpha value is -0.830. The molecule has 1 atom stereocenters. The van der Waals surface area contributed by atoms with Gasteiger partial charge in [0.15, 0.2) is 11.6 Å². The van der Waals surface area contributed by atoms with E-state index in [1.165, 1.54) is 0 Å². The van der Waals surface area contributed by atoms with Gasteiger partial charge in [-0.1, -0.05) is 0 Å². The minimum Gasteiger partial charge on any atom is -0.329 e. The number of sulfonamides is 1. The van der Waals surface area contributed by atoms with Crippen LogP contribution in [0, 0.1) is 23.4 Å². The van der Waals surface area contributed by atoms with Crippen molar-refractivity contribution in [1.29, 1.82) is 0 Å². The summed E-state index contributed by atoms with van der Waals surface area (Å²) in [4.78, 5) is -0.912. The monoisotopic (exact) mass is 330 g/mol. The summed E-state index contributed by atoms with van der Waals surface area (Å²) in [6.07, 6.45) is 1.68. The average molecular weight is 331 g/mol. The van der Waals surface area contributed by atoms with Crippen LogP contribution >= 0.6 is 12.4 Å². The number of benzene rings is 1. The third kappa shape index (κ3) is 3.63. The van der Waals surface area contributed by atoms with E-state index in [1.54, 1.807) is 0 Å². The molecule has 4 nitrogen and oxygen atoms in total. The van der Waals surface area contributed by atoms with E-state index in [0.29, 0.717) is 6.07 Å². The number of nitrogens with two attached hydrogens (primary N) is 1. The second kappa shape index (κ2) is 6.30. The van der Waals surface area contributed by atoms with E-state index in [4.69, 9.17) is 5.73 Å². The van der Waals surface area contributed by atoms with Crippen LogP contribution in [0.15, 0.2) is 17.0 Å². The minimum absolute atomic E-state index is 0. The first kappa shape index (κ1) is 17.2. The predicted octanol–water partition coefficient (Wildman–Crippen LogP) is 1.54. The quantitative estimate of drug-likeness (QED) is 0.804. The highest BCUT2D eigenvalue weighted by Crippen LogP contribution is 2.33. The highest BCUT2D eigenvalue weighted by molar-refractivity contribution is 7.89. The Kier molecular flexibility index (Phi) is 5.42. The minimum atomic E-state index is -4.26. The first-order valence-corrected chi connectivity index (χ1v) is 7.20. The summed E-state index contributed by atoms with van der Waals surface area (Å²) in [6.45, 7) is 0.0647. The maximum atomic E-state index is 13.4. The number of halogens is 4. The van der Waals surface area contributed by atoms with Gasteiger partial charge in [-0.05, 0) is 24.8 Å². The van der Waals surface area contributed by atoms with Crippen LogP contribution in [0.25, 0.3) is 0 Å². The lowest BCUT2D eigenvalue weighted by Crippen LogP contribution is -2.42. The Morgan fingerprint density at radius 2 is 1.75 bits per heavy atom. The molecule has 20 heavy (non-hydrogen) atoms. The van der Waals surface area contributed by atoms with E-state index >= 15 is 0 Å². The fraction of sp³-hybridized carbons (Fsp3) is 0.455. The molecule has 9 heteroatoms. The van der Waals surface area contributed by atoms with Gasteiger partial charge in [-0.3, -0.25) is 0 Å². The van der Waals surface area contributed by atoms with Gasteiger partial charge in [-0.25, -0.2) is 26.3 Å². The molecule has 1 aliphatic carbocycles. The molecule has 2 rings (SSSR count). The molecule has 0 spiro atoms. The van der Waals surface area contributed by atoms with E-state index in [2.05, 4.69) is 4.72 Å². The van der Waals surface area contributed by atoms with Crippen molar-refractivity contribution in [3.8, 4) is 0 Å². The van der Waals surface area contributed by atoms with Gasteiger partial charge in [0, 0.05) is 18.7 Å². The summed E-state index contributed by atoms with van der Waals surface area (Å²) in [5, 5.41) is 0. The fourth-order valence-corrected chi connectivity index (χ4v) is 3.20. The molecule has 1 fully saturated rings. The van der Waals surface area contributed by atoms with E-state index in [0.717, 1.165) is 12.8 Å². The number of nitrogens with one attached hydrogen (secondary N) is 1. The first-order valence-electron chi connectivity index (χ1n) is 5.72. The van der Waals surface area contributed by atoms with Gasteiger partial charge in [0.25, 0.3) is 0 Å². The second-order valence-electron chi connectivity index (χ2n) is 4.50. The van der Waals surface area contributed by atoms with Crippen LogP contribution in [-0.2, 0) is 10.0 Å². The topological polar surface area (TPSA) is 72.2 Å². The summed E-state index contributed by atoms with van der Waals surface area (Å²) in [5.41, 5.74) is 5.44.